The van der Waals surface area contributed by atoms with E-state index in [0.717, 1.165) is 35.4 Å². The van der Waals surface area contributed by atoms with Gasteiger partial charge >= 0.3 is 5.97 Å². The SMILES string of the molecule is COc1ccc2nc(C[C@@H]3C[C@@H](C(C)C)[C@H](CNC(=O)CCCC(=O)O)C=C3C)[nH]c2c1. The molecule has 0 spiro atoms. The smallest absolute Gasteiger partial charge is 0.303 e. The van der Waals surface area contributed by atoms with E-state index in [9.17, 15) is 9.59 Å². The molecule has 0 saturated carbocycles. The number of hydrogen-bond donors (Lipinski definition) is 3. The third-order valence-corrected chi connectivity index (χ3v) is 6.59. The molecule has 0 bridgehead atoms. The average Bonchev–Trinajstić information content (AvgIpc) is 3.14. The van der Waals surface area contributed by atoms with Crippen molar-refractivity contribution in [3.63, 3.8) is 0 Å². The molecule has 0 unspecified atom stereocenters. The van der Waals surface area contributed by atoms with Gasteiger partial charge in [0.25, 0.3) is 0 Å². The molecular formula is C25H35N3O4. The average molecular weight is 442 g/mol. The van der Waals surface area contributed by atoms with E-state index in [-0.39, 0.29) is 24.7 Å². The minimum Gasteiger partial charge on any atom is -0.497 e. The van der Waals surface area contributed by atoms with E-state index >= 15 is 0 Å². The van der Waals surface area contributed by atoms with Gasteiger partial charge in [-0.2, -0.15) is 0 Å². The zero-order valence-electron chi connectivity index (χ0n) is 19.5. The molecule has 7 nitrogen and oxygen atoms in total. The Balaban J connectivity index is 1.64. The zero-order chi connectivity index (χ0) is 23.3. The Morgan fingerprint density at radius 2 is 2.09 bits per heavy atom. The molecular weight excluding hydrogens is 406 g/mol. The summed E-state index contributed by atoms with van der Waals surface area (Å²) < 4.78 is 5.31. The number of aliphatic carboxylic acids is 1. The van der Waals surface area contributed by atoms with Crippen LogP contribution in [0.4, 0.5) is 0 Å². The molecule has 1 aliphatic carbocycles. The van der Waals surface area contributed by atoms with Gasteiger partial charge in [0.05, 0.1) is 18.1 Å². The molecule has 2 aromatic rings. The number of amides is 1. The summed E-state index contributed by atoms with van der Waals surface area (Å²) in [6.07, 6.45) is 4.90. The maximum absolute atomic E-state index is 12.1. The standard InChI is InChI=1S/C25H35N3O4/c1-15(2)20-11-17(12-23-27-21-9-8-19(32-4)13-22(21)28-23)16(3)10-18(20)14-26-24(29)6-5-7-25(30)31/h8-10,13,15,17-18,20H,5-7,11-12,14H2,1-4H3,(H,26,29)(H,27,28)(H,30,31)/t17-,18-,20-/m0/s1. The number of carboxylic acids is 1. The fourth-order valence-electron chi connectivity index (χ4n) is 4.73. The normalized spacial score (nSPS) is 20.9. The molecule has 0 aliphatic heterocycles. The molecule has 1 aromatic heterocycles. The van der Waals surface area contributed by atoms with Gasteiger partial charge in [-0.25, -0.2) is 4.98 Å². The second kappa shape index (κ2) is 10.7. The molecule has 32 heavy (non-hydrogen) atoms. The Morgan fingerprint density at radius 3 is 2.78 bits per heavy atom. The lowest BCUT2D eigenvalue weighted by Crippen LogP contribution is -2.37. The van der Waals surface area contributed by atoms with E-state index < -0.39 is 5.97 Å². The summed E-state index contributed by atoms with van der Waals surface area (Å²) in [6.45, 7) is 7.26. The molecule has 1 aromatic carbocycles. The Labute approximate surface area is 189 Å². The first-order valence-corrected chi connectivity index (χ1v) is 11.5. The van der Waals surface area contributed by atoms with Gasteiger partial charge in [-0.1, -0.05) is 25.5 Å². The number of benzene rings is 1. The number of ether oxygens (including phenoxy) is 1. The van der Waals surface area contributed by atoms with Crippen LogP contribution in [0.5, 0.6) is 5.75 Å². The van der Waals surface area contributed by atoms with Crippen molar-refractivity contribution in [2.24, 2.45) is 23.7 Å². The number of fused-ring (bicyclic) bond motifs is 1. The molecule has 7 heteroatoms. The predicted octanol–water partition coefficient (Wildman–Crippen LogP) is 4.34. The highest BCUT2D eigenvalue weighted by Crippen LogP contribution is 2.38. The third-order valence-electron chi connectivity index (χ3n) is 6.59. The van der Waals surface area contributed by atoms with Crippen molar-refractivity contribution in [1.29, 1.82) is 0 Å². The van der Waals surface area contributed by atoms with Crippen LogP contribution in [-0.2, 0) is 16.0 Å². The van der Waals surface area contributed by atoms with Gasteiger partial charge in [0.2, 0.25) is 5.91 Å². The minimum atomic E-state index is -0.863. The second-order valence-electron chi connectivity index (χ2n) is 9.24. The number of nitrogens with one attached hydrogen (secondary N) is 2. The van der Waals surface area contributed by atoms with E-state index in [4.69, 9.17) is 14.8 Å². The van der Waals surface area contributed by atoms with Crippen molar-refractivity contribution in [2.75, 3.05) is 13.7 Å². The van der Waals surface area contributed by atoms with E-state index in [1.807, 2.05) is 18.2 Å². The number of allylic oxidation sites excluding steroid dienone is 1. The molecule has 0 saturated heterocycles. The van der Waals surface area contributed by atoms with Gasteiger partial charge in [0.15, 0.2) is 0 Å². The van der Waals surface area contributed by atoms with Crippen LogP contribution in [0.15, 0.2) is 29.8 Å². The fourth-order valence-corrected chi connectivity index (χ4v) is 4.73. The van der Waals surface area contributed by atoms with Crippen LogP contribution >= 0.6 is 0 Å². The third kappa shape index (κ3) is 6.11. The maximum Gasteiger partial charge on any atom is 0.303 e. The van der Waals surface area contributed by atoms with E-state index in [0.29, 0.717) is 30.7 Å². The minimum absolute atomic E-state index is 0.0285. The van der Waals surface area contributed by atoms with Crippen LogP contribution < -0.4 is 10.1 Å². The number of rotatable bonds is 10. The number of imidazole rings is 1. The van der Waals surface area contributed by atoms with Crippen molar-refractivity contribution >= 4 is 22.9 Å². The van der Waals surface area contributed by atoms with Gasteiger partial charge in [-0.3, -0.25) is 9.59 Å². The lowest BCUT2D eigenvalue weighted by molar-refractivity contribution is -0.137. The lowest BCUT2D eigenvalue weighted by Gasteiger charge is -2.37. The number of aromatic nitrogens is 2. The van der Waals surface area contributed by atoms with E-state index in [2.05, 4.69) is 37.1 Å². The Bertz CT molecular complexity index is 979. The molecule has 3 atom stereocenters. The number of nitrogens with zero attached hydrogens (tertiary/aromatic N) is 1. The van der Waals surface area contributed by atoms with Gasteiger partial charge in [-0.05, 0) is 55.6 Å². The highest BCUT2D eigenvalue weighted by atomic mass is 16.5. The van der Waals surface area contributed by atoms with Crippen LogP contribution in [0, 0.1) is 23.7 Å². The van der Waals surface area contributed by atoms with Crippen molar-refractivity contribution in [3.8, 4) is 5.75 Å². The summed E-state index contributed by atoms with van der Waals surface area (Å²) in [7, 11) is 1.66. The van der Waals surface area contributed by atoms with Crippen LogP contribution in [0.3, 0.4) is 0 Å². The van der Waals surface area contributed by atoms with Crippen LogP contribution in [-0.4, -0.2) is 40.6 Å². The number of carboxylic acid groups (broad SMARTS) is 1. The molecule has 174 valence electrons. The zero-order valence-corrected chi connectivity index (χ0v) is 19.5. The van der Waals surface area contributed by atoms with Gasteiger partial charge in [-0.15, -0.1) is 0 Å². The highest BCUT2D eigenvalue weighted by Gasteiger charge is 2.32. The number of hydrogen-bond acceptors (Lipinski definition) is 4. The van der Waals surface area contributed by atoms with Crippen molar-refractivity contribution in [3.05, 3.63) is 35.7 Å². The number of carbonyl (C=O) groups excluding carboxylic acids is 1. The topological polar surface area (TPSA) is 104 Å². The Morgan fingerprint density at radius 1 is 1.31 bits per heavy atom. The fraction of sp³-hybridized carbons (Fsp3) is 0.560. The molecule has 0 radical (unpaired) electrons. The van der Waals surface area contributed by atoms with Crippen molar-refractivity contribution < 1.29 is 19.4 Å². The van der Waals surface area contributed by atoms with Crippen molar-refractivity contribution in [1.82, 2.24) is 15.3 Å². The lowest BCUT2D eigenvalue weighted by atomic mass is 9.69. The summed E-state index contributed by atoms with van der Waals surface area (Å²) in [5.41, 5.74) is 3.27. The van der Waals surface area contributed by atoms with E-state index in [1.165, 1.54) is 5.57 Å². The highest BCUT2D eigenvalue weighted by molar-refractivity contribution is 5.77. The van der Waals surface area contributed by atoms with Crippen LogP contribution in [0.2, 0.25) is 0 Å². The predicted molar refractivity (Wildman–Crippen MR) is 125 cm³/mol. The summed E-state index contributed by atoms with van der Waals surface area (Å²) in [4.78, 5) is 31.0. The van der Waals surface area contributed by atoms with Crippen molar-refractivity contribution in [2.45, 2.75) is 52.9 Å². The summed E-state index contributed by atoms with van der Waals surface area (Å²) in [5.74, 6) is 2.52. The largest absolute Gasteiger partial charge is 0.497 e. The number of carbonyl (C=O) groups is 2. The van der Waals surface area contributed by atoms with Gasteiger partial charge in [0.1, 0.15) is 11.6 Å². The van der Waals surface area contributed by atoms with Gasteiger partial charge < -0.3 is 20.1 Å². The van der Waals surface area contributed by atoms with Gasteiger partial charge in [0, 0.05) is 31.9 Å². The molecule has 3 rings (SSSR count). The monoisotopic (exact) mass is 441 g/mol. The molecule has 1 aliphatic rings. The summed E-state index contributed by atoms with van der Waals surface area (Å²) >= 11 is 0. The van der Waals surface area contributed by atoms with Crippen LogP contribution in [0.25, 0.3) is 11.0 Å². The quantitative estimate of drug-likeness (QED) is 0.476. The molecule has 1 heterocycles. The first kappa shape index (κ1) is 23.8. The molecule has 0 fully saturated rings. The Kier molecular flexibility index (Phi) is 7.94. The van der Waals surface area contributed by atoms with E-state index in [1.54, 1.807) is 7.11 Å². The maximum atomic E-state index is 12.1. The second-order valence-corrected chi connectivity index (χ2v) is 9.24. The first-order valence-electron chi connectivity index (χ1n) is 11.5. The first-order chi connectivity index (χ1) is 15.3. The molecule has 1 amide bonds. The number of H-pyrrole nitrogens is 1. The Hall–Kier alpha value is -2.83. The summed E-state index contributed by atoms with van der Waals surface area (Å²) in [6, 6.07) is 5.87. The summed E-state index contributed by atoms with van der Waals surface area (Å²) in [5, 5.41) is 11.7. The molecule has 3 N–H and O–H groups in total. The number of aromatic amines is 1. The number of methoxy groups -OCH3 is 1. The van der Waals surface area contributed by atoms with Crippen LogP contribution in [0.1, 0.15) is 52.3 Å².